The second-order valence-electron chi connectivity index (χ2n) is 4.95. The average Bonchev–Trinajstić information content (AvgIpc) is 2.48. The molecule has 20 heavy (non-hydrogen) atoms. The largest absolute Gasteiger partial charge is 0.493 e. The van der Waals surface area contributed by atoms with Gasteiger partial charge in [0.2, 0.25) is 0 Å². The molecule has 1 N–H and O–H groups in total. The number of hydrogen-bond acceptors (Lipinski definition) is 3. The SMILES string of the molecule is CCCCCOc1cc(OCCC)ccc1CNCC. The summed E-state index contributed by atoms with van der Waals surface area (Å²) in [5.41, 5.74) is 1.20. The zero-order chi connectivity index (χ0) is 14.6. The van der Waals surface area contributed by atoms with E-state index in [0.29, 0.717) is 0 Å². The van der Waals surface area contributed by atoms with E-state index < -0.39 is 0 Å². The van der Waals surface area contributed by atoms with Crippen molar-refractivity contribution in [3.63, 3.8) is 0 Å². The maximum atomic E-state index is 5.94. The quantitative estimate of drug-likeness (QED) is 0.617. The van der Waals surface area contributed by atoms with Crippen molar-refractivity contribution in [3.05, 3.63) is 23.8 Å². The van der Waals surface area contributed by atoms with E-state index in [2.05, 4.69) is 32.2 Å². The van der Waals surface area contributed by atoms with Crippen LogP contribution < -0.4 is 14.8 Å². The minimum Gasteiger partial charge on any atom is -0.493 e. The van der Waals surface area contributed by atoms with Crippen LogP contribution in [-0.4, -0.2) is 19.8 Å². The molecule has 0 amide bonds. The lowest BCUT2D eigenvalue weighted by Crippen LogP contribution is -2.13. The van der Waals surface area contributed by atoms with Gasteiger partial charge in [-0.05, 0) is 25.5 Å². The Hall–Kier alpha value is -1.22. The van der Waals surface area contributed by atoms with Crippen molar-refractivity contribution >= 4 is 0 Å². The minimum atomic E-state index is 0.752. The Labute approximate surface area is 123 Å². The summed E-state index contributed by atoms with van der Waals surface area (Å²) in [6.45, 7) is 9.76. The topological polar surface area (TPSA) is 30.5 Å². The van der Waals surface area contributed by atoms with Crippen LogP contribution in [0.25, 0.3) is 0 Å². The monoisotopic (exact) mass is 279 g/mol. The molecule has 0 fully saturated rings. The van der Waals surface area contributed by atoms with Crippen LogP contribution in [0.5, 0.6) is 11.5 Å². The van der Waals surface area contributed by atoms with Crippen molar-refractivity contribution in [3.8, 4) is 11.5 Å². The molecule has 0 aliphatic carbocycles. The third kappa shape index (κ3) is 6.29. The Morgan fingerprint density at radius 1 is 0.950 bits per heavy atom. The molecule has 0 atom stereocenters. The normalized spacial score (nSPS) is 10.6. The molecule has 0 aliphatic rings. The van der Waals surface area contributed by atoms with Gasteiger partial charge in [-0.15, -0.1) is 0 Å². The van der Waals surface area contributed by atoms with Crippen molar-refractivity contribution in [2.45, 2.75) is 53.0 Å². The van der Waals surface area contributed by atoms with Gasteiger partial charge in [0, 0.05) is 18.2 Å². The third-order valence-corrected chi connectivity index (χ3v) is 3.08. The van der Waals surface area contributed by atoms with Gasteiger partial charge in [0.1, 0.15) is 11.5 Å². The first-order chi connectivity index (χ1) is 9.81. The lowest BCUT2D eigenvalue weighted by molar-refractivity contribution is 0.292. The molecule has 0 aliphatic heterocycles. The van der Waals surface area contributed by atoms with Gasteiger partial charge in [0.25, 0.3) is 0 Å². The lowest BCUT2D eigenvalue weighted by atomic mass is 10.2. The van der Waals surface area contributed by atoms with E-state index in [1.54, 1.807) is 0 Å². The molecule has 114 valence electrons. The summed E-state index contributed by atoms with van der Waals surface area (Å²) in [6, 6.07) is 6.15. The van der Waals surface area contributed by atoms with Gasteiger partial charge >= 0.3 is 0 Å². The molecule has 1 rings (SSSR count). The minimum absolute atomic E-state index is 0.752. The Morgan fingerprint density at radius 2 is 1.80 bits per heavy atom. The van der Waals surface area contributed by atoms with Crippen LogP contribution in [0.3, 0.4) is 0 Å². The average molecular weight is 279 g/mol. The van der Waals surface area contributed by atoms with Crippen LogP contribution >= 0.6 is 0 Å². The molecule has 0 aromatic heterocycles. The number of rotatable bonds is 11. The van der Waals surface area contributed by atoms with Gasteiger partial charge in [0.05, 0.1) is 13.2 Å². The van der Waals surface area contributed by atoms with Crippen LogP contribution in [-0.2, 0) is 6.54 Å². The van der Waals surface area contributed by atoms with Gasteiger partial charge in [-0.3, -0.25) is 0 Å². The molecular weight excluding hydrogens is 250 g/mol. The van der Waals surface area contributed by atoms with Gasteiger partial charge in [0.15, 0.2) is 0 Å². The van der Waals surface area contributed by atoms with Crippen molar-refractivity contribution in [2.75, 3.05) is 19.8 Å². The number of benzene rings is 1. The highest BCUT2D eigenvalue weighted by Gasteiger charge is 2.06. The van der Waals surface area contributed by atoms with Crippen LogP contribution in [0.15, 0.2) is 18.2 Å². The highest BCUT2D eigenvalue weighted by Crippen LogP contribution is 2.25. The van der Waals surface area contributed by atoms with Crippen LogP contribution in [0.2, 0.25) is 0 Å². The van der Waals surface area contributed by atoms with E-state index in [1.807, 2.05) is 12.1 Å². The Kier molecular flexibility index (Phi) is 8.88. The molecule has 0 bridgehead atoms. The fourth-order valence-electron chi connectivity index (χ4n) is 1.92. The standard InChI is InChI=1S/C17H29NO2/c1-4-7-8-12-20-17-13-16(19-11-5-2)10-9-15(17)14-18-6-3/h9-10,13,18H,4-8,11-12,14H2,1-3H3. The Bertz CT molecular complexity index is 366. The molecule has 0 spiro atoms. The molecule has 0 unspecified atom stereocenters. The van der Waals surface area contributed by atoms with E-state index in [9.17, 15) is 0 Å². The summed E-state index contributed by atoms with van der Waals surface area (Å²) in [4.78, 5) is 0. The molecule has 1 aromatic carbocycles. The fraction of sp³-hybridized carbons (Fsp3) is 0.647. The summed E-state index contributed by atoms with van der Waals surface area (Å²) >= 11 is 0. The number of unbranched alkanes of at least 4 members (excludes halogenated alkanes) is 2. The fourth-order valence-corrected chi connectivity index (χ4v) is 1.92. The second kappa shape index (κ2) is 10.6. The number of ether oxygens (including phenoxy) is 2. The summed E-state index contributed by atoms with van der Waals surface area (Å²) in [5.74, 6) is 1.85. The molecule has 0 heterocycles. The highest BCUT2D eigenvalue weighted by atomic mass is 16.5. The van der Waals surface area contributed by atoms with Crippen LogP contribution in [0.1, 0.15) is 52.0 Å². The highest BCUT2D eigenvalue weighted by molar-refractivity contribution is 5.40. The second-order valence-corrected chi connectivity index (χ2v) is 4.95. The summed E-state index contributed by atoms with van der Waals surface area (Å²) in [6.07, 6.45) is 4.56. The maximum Gasteiger partial charge on any atom is 0.127 e. The van der Waals surface area contributed by atoms with Crippen LogP contribution in [0, 0.1) is 0 Å². The van der Waals surface area contributed by atoms with Gasteiger partial charge < -0.3 is 14.8 Å². The lowest BCUT2D eigenvalue weighted by Gasteiger charge is -2.14. The molecule has 0 radical (unpaired) electrons. The van der Waals surface area contributed by atoms with E-state index in [1.165, 1.54) is 18.4 Å². The zero-order valence-electron chi connectivity index (χ0n) is 13.2. The molecule has 3 nitrogen and oxygen atoms in total. The smallest absolute Gasteiger partial charge is 0.127 e. The Morgan fingerprint density at radius 3 is 2.50 bits per heavy atom. The predicted molar refractivity (Wildman–Crippen MR) is 84.6 cm³/mol. The van der Waals surface area contributed by atoms with Gasteiger partial charge in [-0.2, -0.15) is 0 Å². The molecule has 0 saturated heterocycles. The van der Waals surface area contributed by atoms with E-state index in [0.717, 1.165) is 50.6 Å². The summed E-state index contributed by atoms with van der Waals surface area (Å²) in [5, 5.41) is 3.35. The van der Waals surface area contributed by atoms with E-state index in [4.69, 9.17) is 9.47 Å². The first-order valence-corrected chi connectivity index (χ1v) is 7.91. The van der Waals surface area contributed by atoms with Crippen LogP contribution in [0.4, 0.5) is 0 Å². The van der Waals surface area contributed by atoms with Gasteiger partial charge in [-0.1, -0.05) is 39.7 Å². The molecule has 3 heteroatoms. The third-order valence-electron chi connectivity index (χ3n) is 3.08. The summed E-state index contributed by atoms with van der Waals surface area (Å²) in [7, 11) is 0. The Balaban J connectivity index is 2.66. The number of hydrogen-bond donors (Lipinski definition) is 1. The van der Waals surface area contributed by atoms with Crippen molar-refractivity contribution in [2.24, 2.45) is 0 Å². The first kappa shape index (κ1) is 16.8. The molecule has 0 saturated carbocycles. The van der Waals surface area contributed by atoms with E-state index in [-0.39, 0.29) is 0 Å². The van der Waals surface area contributed by atoms with Gasteiger partial charge in [-0.25, -0.2) is 0 Å². The molecule has 1 aromatic rings. The van der Waals surface area contributed by atoms with Crippen molar-refractivity contribution < 1.29 is 9.47 Å². The maximum absolute atomic E-state index is 5.94. The van der Waals surface area contributed by atoms with Crippen molar-refractivity contribution in [1.82, 2.24) is 5.32 Å². The predicted octanol–water partition coefficient (Wildman–Crippen LogP) is 4.15. The van der Waals surface area contributed by atoms with Crippen molar-refractivity contribution in [1.29, 1.82) is 0 Å². The first-order valence-electron chi connectivity index (χ1n) is 7.91. The van der Waals surface area contributed by atoms with E-state index >= 15 is 0 Å². The zero-order valence-corrected chi connectivity index (χ0v) is 13.2. The summed E-state index contributed by atoms with van der Waals surface area (Å²) < 4.78 is 11.6. The molecular formula is C17H29NO2. The number of nitrogens with one attached hydrogen (secondary N) is 1.